The van der Waals surface area contributed by atoms with Crippen LogP contribution in [0.25, 0.3) is 0 Å². The fourth-order valence-electron chi connectivity index (χ4n) is 3.30. The average molecular weight is 401 g/mol. The first-order valence-electron chi connectivity index (χ1n) is 9.47. The highest BCUT2D eigenvalue weighted by molar-refractivity contribution is 7.80. The minimum Gasteiger partial charge on any atom is -0.497 e. The predicted molar refractivity (Wildman–Crippen MR) is 117 cm³/mol. The van der Waals surface area contributed by atoms with Crippen LogP contribution in [0, 0.1) is 0 Å². The Hall–Kier alpha value is -2.47. The summed E-state index contributed by atoms with van der Waals surface area (Å²) in [6.45, 7) is 8.17. The Balaban J connectivity index is 1.70. The van der Waals surface area contributed by atoms with Gasteiger partial charge in [-0.15, -0.1) is 0 Å². The lowest BCUT2D eigenvalue weighted by Crippen LogP contribution is -2.42. The van der Waals surface area contributed by atoms with Crippen molar-refractivity contribution >= 4 is 23.0 Å². The van der Waals surface area contributed by atoms with Gasteiger partial charge in [0.05, 0.1) is 19.3 Å². The molecule has 3 rings (SSSR count). The SMILES string of the molecule is COc1ccc2c(c1)OC(C)(C)C[C@@H]2NC(=S)Nc1ccc(OC(C)C)cc1. The zero-order chi connectivity index (χ0) is 20.3. The Morgan fingerprint density at radius 1 is 1.14 bits per heavy atom. The second-order valence-electron chi connectivity index (χ2n) is 7.81. The molecule has 5 nitrogen and oxygen atoms in total. The van der Waals surface area contributed by atoms with E-state index in [1.807, 2.05) is 56.3 Å². The van der Waals surface area contributed by atoms with Crippen LogP contribution in [0.15, 0.2) is 42.5 Å². The monoisotopic (exact) mass is 400 g/mol. The number of thiocarbonyl (C=S) groups is 1. The number of ether oxygens (including phenoxy) is 3. The van der Waals surface area contributed by atoms with E-state index in [2.05, 4.69) is 24.5 Å². The molecule has 0 fully saturated rings. The topological polar surface area (TPSA) is 51.8 Å². The maximum absolute atomic E-state index is 6.14. The van der Waals surface area contributed by atoms with Crippen molar-refractivity contribution in [1.29, 1.82) is 0 Å². The zero-order valence-corrected chi connectivity index (χ0v) is 17.9. The van der Waals surface area contributed by atoms with E-state index < -0.39 is 0 Å². The average Bonchev–Trinajstić information content (AvgIpc) is 2.61. The summed E-state index contributed by atoms with van der Waals surface area (Å²) in [6, 6.07) is 13.7. The summed E-state index contributed by atoms with van der Waals surface area (Å²) < 4.78 is 17.1. The first kappa shape index (κ1) is 20.3. The number of nitrogens with one attached hydrogen (secondary N) is 2. The quantitative estimate of drug-likeness (QED) is 0.684. The van der Waals surface area contributed by atoms with Gasteiger partial charge >= 0.3 is 0 Å². The molecule has 2 N–H and O–H groups in total. The van der Waals surface area contributed by atoms with Crippen molar-refractivity contribution in [3.05, 3.63) is 48.0 Å². The lowest BCUT2D eigenvalue weighted by atomic mass is 9.89. The van der Waals surface area contributed by atoms with Crippen molar-refractivity contribution in [2.24, 2.45) is 0 Å². The van der Waals surface area contributed by atoms with Crippen molar-refractivity contribution in [3.8, 4) is 17.2 Å². The summed E-state index contributed by atoms with van der Waals surface area (Å²) in [6.07, 6.45) is 0.951. The van der Waals surface area contributed by atoms with Gasteiger partial charge in [-0.25, -0.2) is 0 Å². The Morgan fingerprint density at radius 3 is 2.46 bits per heavy atom. The third-order valence-electron chi connectivity index (χ3n) is 4.47. The number of benzene rings is 2. The molecule has 1 aliphatic rings. The first-order chi connectivity index (χ1) is 13.3. The lowest BCUT2D eigenvalue weighted by molar-refractivity contribution is 0.0693. The molecule has 0 unspecified atom stereocenters. The number of methoxy groups -OCH3 is 1. The summed E-state index contributed by atoms with van der Waals surface area (Å²) >= 11 is 5.55. The number of hydrogen-bond acceptors (Lipinski definition) is 4. The molecule has 2 aromatic carbocycles. The maximum Gasteiger partial charge on any atom is 0.171 e. The van der Waals surface area contributed by atoms with E-state index in [9.17, 15) is 0 Å². The molecular formula is C22H28N2O3S. The molecule has 0 saturated carbocycles. The highest BCUT2D eigenvalue weighted by Crippen LogP contribution is 2.41. The molecule has 1 heterocycles. The highest BCUT2D eigenvalue weighted by Gasteiger charge is 2.34. The fourth-order valence-corrected chi connectivity index (χ4v) is 3.56. The fraction of sp³-hybridized carbons (Fsp3) is 0.409. The minimum absolute atomic E-state index is 0.0493. The molecule has 28 heavy (non-hydrogen) atoms. The van der Waals surface area contributed by atoms with E-state index in [0.717, 1.165) is 34.9 Å². The largest absolute Gasteiger partial charge is 0.497 e. The third-order valence-corrected chi connectivity index (χ3v) is 4.69. The molecule has 1 atom stereocenters. The Kier molecular flexibility index (Phi) is 5.98. The smallest absolute Gasteiger partial charge is 0.171 e. The van der Waals surface area contributed by atoms with Gasteiger partial charge in [-0.1, -0.05) is 0 Å². The molecule has 0 aliphatic carbocycles. The highest BCUT2D eigenvalue weighted by atomic mass is 32.1. The molecule has 0 radical (unpaired) electrons. The third kappa shape index (κ3) is 5.07. The van der Waals surface area contributed by atoms with E-state index in [1.165, 1.54) is 0 Å². The molecule has 0 bridgehead atoms. The van der Waals surface area contributed by atoms with E-state index >= 15 is 0 Å². The normalized spacial score (nSPS) is 17.3. The summed E-state index contributed by atoms with van der Waals surface area (Å²) in [7, 11) is 1.65. The van der Waals surface area contributed by atoms with E-state index in [1.54, 1.807) is 7.11 Å². The first-order valence-corrected chi connectivity index (χ1v) is 9.88. The van der Waals surface area contributed by atoms with Crippen LogP contribution in [0.4, 0.5) is 5.69 Å². The van der Waals surface area contributed by atoms with Crippen LogP contribution in [-0.4, -0.2) is 23.9 Å². The van der Waals surface area contributed by atoms with Gasteiger partial charge < -0.3 is 24.8 Å². The van der Waals surface area contributed by atoms with Crippen LogP contribution >= 0.6 is 12.2 Å². The molecule has 0 spiro atoms. The van der Waals surface area contributed by atoms with Crippen molar-refractivity contribution in [2.45, 2.75) is 51.9 Å². The van der Waals surface area contributed by atoms with Crippen LogP contribution in [0.1, 0.15) is 45.7 Å². The van der Waals surface area contributed by atoms with E-state index in [4.69, 9.17) is 26.4 Å². The Morgan fingerprint density at radius 2 is 1.82 bits per heavy atom. The van der Waals surface area contributed by atoms with Crippen molar-refractivity contribution in [3.63, 3.8) is 0 Å². The molecule has 1 aliphatic heterocycles. The Bertz CT molecular complexity index is 834. The summed E-state index contributed by atoms with van der Waals surface area (Å²) in [5.74, 6) is 2.44. The molecule has 0 saturated heterocycles. The van der Waals surface area contributed by atoms with Crippen LogP contribution < -0.4 is 24.8 Å². The van der Waals surface area contributed by atoms with Gasteiger partial charge in [0.1, 0.15) is 22.8 Å². The van der Waals surface area contributed by atoms with Gasteiger partial charge in [-0.3, -0.25) is 0 Å². The van der Waals surface area contributed by atoms with Gasteiger partial charge in [0.25, 0.3) is 0 Å². The Labute approximate surface area is 172 Å². The standard InChI is InChI=1S/C22H28N2O3S/c1-14(2)26-16-8-6-15(7-9-16)23-21(28)24-19-13-22(3,4)27-20-12-17(25-5)10-11-18(19)20/h6-12,14,19H,13H2,1-5H3,(H2,23,24,28)/t19-/m0/s1. The van der Waals surface area contributed by atoms with Gasteiger partial charge in [0, 0.05) is 23.7 Å². The van der Waals surface area contributed by atoms with Crippen LogP contribution in [0.2, 0.25) is 0 Å². The second-order valence-corrected chi connectivity index (χ2v) is 8.22. The molecule has 2 aromatic rings. The molecule has 0 amide bonds. The van der Waals surface area contributed by atoms with E-state index in [0.29, 0.717) is 5.11 Å². The van der Waals surface area contributed by atoms with E-state index in [-0.39, 0.29) is 17.7 Å². The molecular weight excluding hydrogens is 372 g/mol. The van der Waals surface area contributed by atoms with Crippen molar-refractivity contribution in [1.82, 2.24) is 5.32 Å². The number of fused-ring (bicyclic) bond motifs is 1. The predicted octanol–water partition coefficient (Wildman–Crippen LogP) is 5.07. The molecule has 6 heteroatoms. The lowest BCUT2D eigenvalue weighted by Gasteiger charge is -2.38. The maximum atomic E-state index is 6.14. The van der Waals surface area contributed by atoms with Crippen LogP contribution in [-0.2, 0) is 0 Å². The summed E-state index contributed by atoms with van der Waals surface area (Å²) in [4.78, 5) is 0. The van der Waals surface area contributed by atoms with Gasteiger partial charge in [0.15, 0.2) is 5.11 Å². The van der Waals surface area contributed by atoms with Gasteiger partial charge in [-0.05, 0) is 76.3 Å². The van der Waals surface area contributed by atoms with Crippen LogP contribution in [0.5, 0.6) is 17.2 Å². The second kappa shape index (κ2) is 8.27. The van der Waals surface area contributed by atoms with Crippen molar-refractivity contribution in [2.75, 3.05) is 12.4 Å². The molecule has 0 aromatic heterocycles. The molecule has 150 valence electrons. The van der Waals surface area contributed by atoms with Crippen LogP contribution in [0.3, 0.4) is 0 Å². The summed E-state index contributed by atoms with van der Waals surface area (Å²) in [5, 5.41) is 7.25. The zero-order valence-electron chi connectivity index (χ0n) is 17.0. The number of anilines is 1. The summed E-state index contributed by atoms with van der Waals surface area (Å²) in [5.41, 5.74) is 1.68. The van der Waals surface area contributed by atoms with Crippen molar-refractivity contribution < 1.29 is 14.2 Å². The van der Waals surface area contributed by atoms with Gasteiger partial charge in [0.2, 0.25) is 0 Å². The minimum atomic E-state index is -0.303. The van der Waals surface area contributed by atoms with Gasteiger partial charge in [-0.2, -0.15) is 0 Å². The number of hydrogen-bond donors (Lipinski definition) is 2. The number of rotatable bonds is 5.